The first-order valence-electron chi connectivity index (χ1n) is 6.42. The van der Waals surface area contributed by atoms with Crippen LogP contribution in [0.2, 0.25) is 0 Å². The summed E-state index contributed by atoms with van der Waals surface area (Å²) in [6.07, 6.45) is 1.92. The number of hydrogen-bond acceptors (Lipinski definition) is 2. The zero-order chi connectivity index (χ0) is 12.8. The van der Waals surface area contributed by atoms with Crippen molar-refractivity contribution in [1.82, 2.24) is 0 Å². The van der Waals surface area contributed by atoms with Gasteiger partial charge in [0.15, 0.2) is 0 Å². The number of nitrogens with two attached hydrogens (primary N) is 2. The van der Waals surface area contributed by atoms with E-state index in [2.05, 4.69) is 48.5 Å². The number of benzene rings is 2. The summed E-state index contributed by atoms with van der Waals surface area (Å²) in [5.74, 6) is 0. The zero-order valence-corrected chi connectivity index (χ0v) is 10.5. The van der Waals surface area contributed by atoms with E-state index < -0.39 is 0 Å². The average molecular weight is 240 g/mol. The standard InChI is InChI=1S/C16H20N2/c17-12-4-7-16(18)15-10-8-14(9-11-15)13-5-2-1-3-6-13/h1-3,5-6,8-11,16H,4,7,12,17-18H2/t16-/m0/s1. The lowest BCUT2D eigenvalue weighted by atomic mass is 9.99. The topological polar surface area (TPSA) is 52.0 Å². The Hall–Kier alpha value is -1.64. The van der Waals surface area contributed by atoms with E-state index in [9.17, 15) is 0 Å². The molecule has 2 aromatic carbocycles. The van der Waals surface area contributed by atoms with Crippen LogP contribution in [0.25, 0.3) is 11.1 Å². The van der Waals surface area contributed by atoms with Crippen LogP contribution in [0.5, 0.6) is 0 Å². The van der Waals surface area contributed by atoms with Gasteiger partial charge in [-0.25, -0.2) is 0 Å². The molecule has 0 heterocycles. The molecule has 2 aromatic rings. The molecule has 0 fully saturated rings. The Bertz CT molecular complexity index is 462. The van der Waals surface area contributed by atoms with Gasteiger partial charge in [-0.15, -0.1) is 0 Å². The van der Waals surface area contributed by atoms with Crippen molar-refractivity contribution >= 4 is 0 Å². The van der Waals surface area contributed by atoms with Crippen molar-refractivity contribution < 1.29 is 0 Å². The first kappa shape index (κ1) is 12.8. The van der Waals surface area contributed by atoms with Crippen LogP contribution < -0.4 is 11.5 Å². The van der Waals surface area contributed by atoms with Crippen molar-refractivity contribution in [3.05, 3.63) is 60.2 Å². The number of hydrogen-bond donors (Lipinski definition) is 2. The molecule has 0 aliphatic heterocycles. The van der Waals surface area contributed by atoms with E-state index in [0.717, 1.165) is 12.8 Å². The summed E-state index contributed by atoms with van der Waals surface area (Å²) < 4.78 is 0. The van der Waals surface area contributed by atoms with Crippen molar-refractivity contribution in [3.63, 3.8) is 0 Å². The second kappa shape index (κ2) is 6.34. The SMILES string of the molecule is NCCC[C@H](N)c1ccc(-c2ccccc2)cc1. The largest absolute Gasteiger partial charge is 0.330 e. The molecule has 0 radical (unpaired) electrons. The van der Waals surface area contributed by atoms with Crippen molar-refractivity contribution in [2.75, 3.05) is 6.54 Å². The van der Waals surface area contributed by atoms with E-state index in [1.165, 1.54) is 16.7 Å². The molecule has 0 aromatic heterocycles. The molecule has 0 unspecified atom stereocenters. The van der Waals surface area contributed by atoms with Crippen LogP contribution in [0.3, 0.4) is 0 Å². The van der Waals surface area contributed by atoms with Gasteiger partial charge in [-0.05, 0) is 36.1 Å². The van der Waals surface area contributed by atoms with Gasteiger partial charge >= 0.3 is 0 Å². The molecule has 0 aliphatic carbocycles. The van der Waals surface area contributed by atoms with E-state index in [4.69, 9.17) is 11.5 Å². The molecule has 0 bridgehead atoms. The quantitative estimate of drug-likeness (QED) is 0.843. The molecule has 2 nitrogen and oxygen atoms in total. The third-order valence-electron chi connectivity index (χ3n) is 3.17. The third-order valence-corrected chi connectivity index (χ3v) is 3.17. The van der Waals surface area contributed by atoms with Crippen molar-refractivity contribution in [2.24, 2.45) is 11.5 Å². The fraction of sp³-hybridized carbons (Fsp3) is 0.250. The zero-order valence-electron chi connectivity index (χ0n) is 10.5. The molecule has 1 atom stereocenters. The van der Waals surface area contributed by atoms with Crippen LogP contribution in [0, 0.1) is 0 Å². The van der Waals surface area contributed by atoms with Gasteiger partial charge in [0.25, 0.3) is 0 Å². The van der Waals surface area contributed by atoms with Crippen molar-refractivity contribution in [2.45, 2.75) is 18.9 Å². The van der Waals surface area contributed by atoms with Gasteiger partial charge in [0.2, 0.25) is 0 Å². The van der Waals surface area contributed by atoms with Gasteiger partial charge in [0.05, 0.1) is 0 Å². The summed E-state index contributed by atoms with van der Waals surface area (Å²) in [6, 6.07) is 18.9. The van der Waals surface area contributed by atoms with E-state index in [1.807, 2.05) is 6.07 Å². The molecular formula is C16H20N2. The van der Waals surface area contributed by atoms with Gasteiger partial charge < -0.3 is 11.5 Å². The first-order valence-corrected chi connectivity index (χ1v) is 6.42. The molecule has 94 valence electrons. The summed E-state index contributed by atoms with van der Waals surface area (Å²) in [5, 5.41) is 0. The predicted molar refractivity (Wildman–Crippen MR) is 77.1 cm³/mol. The van der Waals surface area contributed by atoms with E-state index in [0.29, 0.717) is 6.54 Å². The third kappa shape index (κ3) is 3.19. The summed E-state index contributed by atoms with van der Waals surface area (Å²) in [4.78, 5) is 0. The minimum Gasteiger partial charge on any atom is -0.330 e. The second-order valence-corrected chi connectivity index (χ2v) is 4.53. The summed E-state index contributed by atoms with van der Waals surface area (Å²) >= 11 is 0. The molecule has 0 spiro atoms. The van der Waals surface area contributed by atoms with Gasteiger partial charge in [-0.2, -0.15) is 0 Å². The highest BCUT2D eigenvalue weighted by Crippen LogP contribution is 2.22. The molecule has 0 saturated carbocycles. The van der Waals surface area contributed by atoms with E-state index in [-0.39, 0.29) is 6.04 Å². The maximum atomic E-state index is 6.11. The average Bonchev–Trinajstić information content (AvgIpc) is 2.46. The van der Waals surface area contributed by atoms with E-state index in [1.54, 1.807) is 0 Å². The maximum absolute atomic E-state index is 6.11. The van der Waals surface area contributed by atoms with Gasteiger partial charge in [-0.3, -0.25) is 0 Å². The predicted octanol–water partition coefficient (Wildman–Crippen LogP) is 3.09. The molecule has 4 N–H and O–H groups in total. The van der Waals surface area contributed by atoms with E-state index >= 15 is 0 Å². The highest BCUT2D eigenvalue weighted by atomic mass is 14.6. The lowest BCUT2D eigenvalue weighted by Crippen LogP contribution is -2.12. The lowest BCUT2D eigenvalue weighted by molar-refractivity contribution is 0.618. The van der Waals surface area contributed by atoms with Crippen molar-refractivity contribution in [3.8, 4) is 11.1 Å². The van der Waals surface area contributed by atoms with Crippen LogP contribution in [-0.2, 0) is 0 Å². The van der Waals surface area contributed by atoms with Gasteiger partial charge in [-0.1, -0.05) is 54.6 Å². The molecule has 0 amide bonds. The second-order valence-electron chi connectivity index (χ2n) is 4.53. The fourth-order valence-corrected chi connectivity index (χ4v) is 2.06. The Morgan fingerprint density at radius 2 is 1.44 bits per heavy atom. The number of rotatable bonds is 5. The minimum atomic E-state index is 0.0957. The first-order chi connectivity index (χ1) is 8.81. The van der Waals surface area contributed by atoms with Gasteiger partial charge in [0, 0.05) is 6.04 Å². The molecule has 2 heteroatoms. The minimum absolute atomic E-state index is 0.0957. The Balaban J connectivity index is 2.10. The molecule has 2 rings (SSSR count). The highest BCUT2D eigenvalue weighted by molar-refractivity contribution is 5.63. The smallest absolute Gasteiger partial charge is 0.0295 e. The summed E-state index contributed by atoms with van der Waals surface area (Å²) in [6.45, 7) is 0.704. The van der Waals surface area contributed by atoms with Crippen LogP contribution in [-0.4, -0.2) is 6.54 Å². The maximum Gasteiger partial charge on any atom is 0.0295 e. The van der Waals surface area contributed by atoms with Crippen LogP contribution in [0.1, 0.15) is 24.4 Å². The molecule has 0 saturated heterocycles. The normalized spacial score (nSPS) is 12.3. The Morgan fingerprint density at radius 3 is 2.06 bits per heavy atom. The molecule has 0 aliphatic rings. The summed E-state index contributed by atoms with van der Waals surface area (Å²) in [5.41, 5.74) is 15.3. The highest BCUT2D eigenvalue weighted by Gasteiger charge is 2.05. The Labute approximate surface area is 109 Å². The fourth-order valence-electron chi connectivity index (χ4n) is 2.06. The monoisotopic (exact) mass is 240 g/mol. The molecule has 18 heavy (non-hydrogen) atoms. The lowest BCUT2D eigenvalue weighted by Gasteiger charge is -2.12. The van der Waals surface area contributed by atoms with Crippen LogP contribution in [0.4, 0.5) is 0 Å². The van der Waals surface area contributed by atoms with Gasteiger partial charge in [0.1, 0.15) is 0 Å². The van der Waals surface area contributed by atoms with Crippen molar-refractivity contribution in [1.29, 1.82) is 0 Å². The summed E-state index contributed by atoms with van der Waals surface area (Å²) in [7, 11) is 0. The Kier molecular flexibility index (Phi) is 4.51. The molecular weight excluding hydrogens is 220 g/mol. The van der Waals surface area contributed by atoms with Crippen LogP contribution in [0.15, 0.2) is 54.6 Å². The Morgan fingerprint density at radius 1 is 0.833 bits per heavy atom. The van der Waals surface area contributed by atoms with Crippen LogP contribution >= 0.6 is 0 Å².